The van der Waals surface area contributed by atoms with Crippen molar-refractivity contribution in [1.82, 2.24) is 0 Å². The van der Waals surface area contributed by atoms with Crippen LogP contribution in [0.4, 0.5) is 0 Å². The molecule has 0 bridgehead atoms. The van der Waals surface area contributed by atoms with Gasteiger partial charge in [0.15, 0.2) is 11.5 Å². The second-order valence-electron chi connectivity index (χ2n) is 3.90. The van der Waals surface area contributed by atoms with Gasteiger partial charge in [-0.05, 0) is 28.8 Å². The fraction of sp³-hybridized carbons (Fsp3) is 0.200. The molecule has 18 heavy (non-hydrogen) atoms. The first kappa shape index (κ1) is 13.0. The zero-order valence-electron chi connectivity index (χ0n) is 10.4. The summed E-state index contributed by atoms with van der Waals surface area (Å²) in [6, 6.07) is 14.4. The molecule has 0 aliphatic heterocycles. The van der Waals surface area contributed by atoms with E-state index >= 15 is 0 Å². The van der Waals surface area contributed by atoms with Crippen LogP contribution in [-0.2, 0) is 5.33 Å². The number of hydrogen-bond donors (Lipinski definition) is 0. The summed E-state index contributed by atoms with van der Waals surface area (Å²) in [6.07, 6.45) is 0. The smallest absolute Gasteiger partial charge is 0.161 e. The van der Waals surface area contributed by atoms with Crippen molar-refractivity contribution in [2.24, 2.45) is 0 Å². The van der Waals surface area contributed by atoms with Crippen LogP contribution in [-0.4, -0.2) is 14.2 Å². The largest absolute Gasteiger partial charge is 0.493 e. The lowest BCUT2D eigenvalue weighted by molar-refractivity contribution is 0.355. The van der Waals surface area contributed by atoms with Gasteiger partial charge in [0.2, 0.25) is 0 Å². The van der Waals surface area contributed by atoms with Crippen molar-refractivity contribution >= 4 is 15.9 Å². The first-order valence-electron chi connectivity index (χ1n) is 5.65. The molecule has 0 spiro atoms. The Morgan fingerprint density at radius 1 is 0.889 bits per heavy atom. The summed E-state index contributed by atoms with van der Waals surface area (Å²) in [5.74, 6) is 1.50. The van der Waals surface area contributed by atoms with E-state index in [-0.39, 0.29) is 0 Å². The zero-order chi connectivity index (χ0) is 13.0. The lowest BCUT2D eigenvalue weighted by Crippen LogP contribution is -1.91. The highest BCUT2D eigenvalue weighted by atomic mass is 79.9. The Kier molecular flexibility index (Phi) is 4.26. The fourth-order valence-electron chi connectivity index (χ4n) is 1.85. The van der Waals surface area contributed by atoms with Crippen LogP contribution < -0.4 is 9.47 Å². The molecule has 0 aromatic heterocycles. The van der Waals surface area contributed by atoms with Crippen molar-refractivity contribution in [3.8, 4) is 22.6 Å². The lowest BCUT2D eigenvalue weighted by atomic mass is 10.0. The van der Waals surface area contributed by atoms with Crippen molar-refractivity contribution in [3.63, 3.8) is 0 Å². The van der Waals surface area contributed by atoms with E-state index in [9.17, 15) is 0 Å². The fourth-order valence-corrected chi connectivity index (χ4v) is 2.20. The number of rotatable bonds is 4. The van der Waals surface area contributed by atoms with E-state index in [0.717, 1.165) is 22.4 Å². The highest BCUT2D eigenvalue weighted by molar-refractivity contribution is 9.08. The molecule has 0 heterocycles. The molecule has 0 saturated carbocycles. The Bertz CT molecular complexity index is 538. The van der Waals surface area contributed by atoms with E-state index in [0.29, 0.717) is 0 Å². The van der Waals surface area contributed by atoms with E-state index in [4.69, 9.17) is 9.47 Å². The lowest BCUT2D eigenvalue weighted by Gasteiger charge is -2.10. The average molecular weight is 307 g/mol. The number of hydrogen-bond acceptors (Lipinski definition) is 2. The maximum absolute atomic E-state index is 5.32. The van der Waals surface area contributed by atoms with E-state index in [1.54, 1.807) is 14.2 Å². The number of alkyl halides is 1. The summed E-state index contributed by atoms with van der Waals surface area (Å²) < 4.78 is 10.6. The summed E-state index contributed by atoms with van der Waals surface area (Å²) in [6.45, 7) is 0. The molecule has 0 aliphatic carbocycles. The van der Waals surface area contributed by atoms with Gasteiger partial charge in [0.05, 0.1) is 14.2 Å². The number of benzene rings is 2. The van der Waals surface area contributed by atoms with E-state index < -0.39 is 0 Å². The summed E-state index contributed by atoms with van der Waals surface area (Å²) >= 11 is 3.47. The summed E-state index contributed by atoms with van der Waals surface area (Å²) in [5, 5.41) is 0.855. The third-order valence-corrected chi connectivity index (χ3v) is 3.45. The molecule has 2 rings (SSSR count). The number of halogens is 1. The second-order valence-corrected chi connectivity index (χ2v) is 4.46. The van der Waals surface area contributed by atoms with Gasteiger partial charge in [-0.1, -0.05) is 46.3 Å². The van der Waals surface area contributed by atoms with Crippen LogP contribution in [0.2, 0.25) is 0 Å². The van der Waals surface area contributed by atoms with Crippen LogP contribution in [0, 0.1) is 0 Å². The minimum absolute atomic E-state index is 0.748. The van der Waals surface area contributed by atoms with Gasteiger partial charge in [-0.2, -0.15) is 0 Å². The molecule has 2 aromatic rings. The molecule has 0 atom stereocenters. The van der Waals surface area contributed by atoms with Gasteiger partial charge in [-0.25, -0.2) is 0 Å². The average Bonchev–Trinajstić information content (AvgIpc) is 2.46. The Hall–Kier alpha value is -1.48. The van der Waals surface area contributed by atoms with Crippen LogP contribution in [0.5, 0.6) is 11.5 Å². The minimum Gasteiger partial charge on any atom is -0.493 e. The molecule has 0 unspecified atom stereocenters. The predicted molar refractivity (Wildman–Crippen MR) is 77.6 cm³/mol. The Morgan fingerprint density at radius 3 is 2.28 bits per heavy atom. The molecule has 0 aliphatic rings. The van der Waals surface area contributed by atoms with E-state index in [1.165, 1.54) is 11.1 Å². The zero-order valence-corrected chi connectivity index (χ0v) is 12.0. The van der Waals surface area contributed by atoms with Gasteiger partial charge >= 0.3 is 0 Å². The molecule has 0 fully saturated rings. The van der Waals surface area contributed by atoms with Crippen LogP contribution >= 0.6 is 15.9 Å². The van der Waals surface area contributed by atoms with Gasteiger partial charge in [0.1, 0.15) is 0 Å². The topological polar surface area (TPSA) is 18.5 Å². The normalized spacial score (nSPS) is 10.2. The molecule has 0 N–H and O–H groups in total. The molecule has 0 radical (unpaired) electrons. The van der Waals surface area contributed by atoms with Crippen molar-refractivity contribution in [1.29, 1.82) is 0 Å². The second kappa shape index (κ2) is 5.91. The standard InChI is InChI=1S/C15H15BrO2/c1-17-14-7-6-13(9-15(14)18-2)12-5-3-4-11(8-12)10-16/h3-9H,10H2,1-2H3. The summed E-state index contributed by atoms with van der Waals surface area (Å²) in [5.41, 5.74) is 3.55. The molecule has 94 valence electrons. The molecule has 2 aromatic carbocycles. The SMILES string of the molecule is COc1ccc(-c2cccc(CBr)c2)cc1OC. The minimum atomic E-state index is 0.748. The molecule has 2 nitrogen and oxygen atoms in total. The Balaban J connectivity index is 2.43. The van der Waals surface area contributed by atoms with Crippen molar-refractivity contribution in [2.75, 3.05) is 14.2 Å². The highest BCUT2D eigenvalue weighted by Gasteiger charge is 2.06. The third kappa shape index (κ3) is 2.67. The molecular formula is C15H15BrO2. The number of methoxy groups -OCH3 is 2. The quantitative estimate of drug-likeness (QED) is 0.786. The molecule has 3 heteroatoms. The first-order valence-corrected chi connectivity index (χ1v) is 6.78. The van der Waals surface area contributed by atoms with Gasteiger partial charge in [-0.15, -0.1) is 0 Å². The summed E-state index contributed by atoms with van der Waals surface area (Å²) in [4.78, 5) is 0. The molecule has 0 amide bonds. The van der Waals surface area contributed by atoms with E-state index in [1.807, 2.05) is 18.2 Å². The van der Waals surface area contributed by atoms with Crippen molar-refractivity contribution < 1.29 is 9.47 Å². The van der Waals surface area contributed by atoms with Crippen LogP contribution in [0.15, 0.2) is 42.5 Å². The third-order valence-electron chi connectivity index (χ3n) is 2.80. The molecular weight excluding hydrogens is 292 g/mol. The Labute approximate surface area is 116 Å². The Morgan fingerprint density at radius 2 is 1.61 bits per heavy atom. The van der Waals surface area contributed by atoms with E-state index in [2.05, 4.69) is 40.2 Å². The van der Waals surface area contributed by atoms with Gasteiger partial charge in [-0.3, -0.25) is 0 Å². The van der Waals surface area contributed by atoms with Crippen LogP contribution in [0.3, 0.4) is 0 Å². The monoisotopic (exact) mass is 306 g/mol. The molecule has 0 saturated heterocycles. The predicted octanol–water partition coefficient (Wildman–Crippen LogP) is 4.27. The van der Waals surface area contributed by atoms with Crippen molar-refractivity contribution in [2.45, 2.75) is 5.33 Å². The maximum atomic E-state index is 5.32. The van der Waals surface area contributed by atoms with Crippen LogP contribution in [0.25, 0.3) is 11.1 Å². The first-order chi connectivity index (χ1) is 8.78. The van der Waals surface area contributed by atoms with Crippen LogP contribution in [0.1, 0.15) is 5.56 Å². The van der Waals surface area contributed by atoms with Crippen molar-refractivity contribution in [3.05, 3.63) is 48.0 Å². The summed E-state index contributed by atoms with van der Waals surface area (Å²) in [7, 11) is 3.29. The number of ether oxygens (including phenoxy) is 2. The highest BCUT2D eigenvalue weighted by Crippen LogP contribution is 2.32. The van der Waals surface area contributed by atoms with Gasteiger partial charge in [0, 0.05) is 5.33 Å². The van der Waals surface area contributed by atoms with Gasteiger partial charge < -0.3 is 9.47 Å². The maximum Gasteiger partial charge on any atom is 0.161 e. The van der Waals surface area contributed by atoms with Gasteiger partial charge in [0.25, 0.3) is 0 Å².